The molecule has 2 aromatic rings. The van der Waals surface area contributed by atoms with E-state index >= 15 is 0 Å². The molecule has 0 spiro atoms. The highest BCUT2D eigenvalue weighted by Gasteiger charge is 2.34. The quantitative estimate of drug-likeness (QED) is 0.753. The summed E-state index contributed by atoms with van der Waals surface area (Å²) >= 11 is 0. The van der Waals surface area contributed by atoms with Gasteiger partial charge in [-0.3, -0.25) is 4.79 Å². The molecule has 7 nitrogen and oxygen atoms in total. The first-order valence-corrected chi connectivity index (χ1v) is 7.09. The Kier molecular flexibility index (Phi) is 3.70. The van der Waals surface area contributed by atoms with Crippen molar-refractivity contribution >= 4 is 5.91 Å². The van der Waals surface area contributed by atoms with Gasteiger partial charge in [0.05, 0.1) is 12.4 Å². The molecule has 1 aliphatic carbocycles. The number of nitrogens with zero attached hydrogens (tertiary/aromatic N) is 3. The number of carbonyl (C=O) groups excluding carboxylic acids is 1. The highest BCUT2D eigenvalue weighted by atomic mass is 16.6. The van der Waals surface area contributed by atoms with Crippen LogP contribution in [-0.2, 0) is 11.3 Å². The van der Waals surface area contributed by atoms with E-state index in [0.717, 1.165) is 12.8 Å². The van der Waals surface area contributed by atoms with Gasteiger partial charge in [-0.15, -0.1) is 0 Å². The molecular weight excluding hydrogens is 286 g/mol. The van der Waals surface area contributed by atoms with Gasteiger partial charge in [0.1, 0.15) is 12.3 Å². The summed E-state index contributed by atoms with van der Waals surface area (Å²) in [7, 11) is 1.58. The third kappa shape index (κ3) is 2.74. The van der Waals surface area contributed by atoms with Crippen molar-refractivity contribution in [3.8, 4) is 17.4 Å². The molecule has 0 N–H and O–H groups in total. The maximum Gasteiger partial charge on any atom is 0.259 e. The summed E-state index contributed by atoms with van der Waals surface area (Å²) in [6.07, 6.45) is 1.95. The number of carbonyl (C=O) groups is 1. The number of methoxy groups -OCH3 is 1. The van der Waals surface area contributed by atoms with E-state index in [0.29, 0.717) is 17.1 Å². The number of ether oxygens (including phenoxy) is 1. The van der Waals surface area contributed by atoms with Crippen molar-refractivity contribution < 1.29 is 23.8 Å². The van der Waals surface area contributed by atoms with Crippen LogP contribution in [0.3, 0.4) is 0 Å². The van der Waals surface area contributed by atoms with Crippen LogP contribution in [0.25, 0.3) is 5.69 Å². The van der Waals surface area contributed by atoms with Crippen LogP contribution in [0.15, 0.2) is 28.8 Å². The topological polar surface area (TPSA) is 82.5 Å². The SMILES string of the molecule is COc1ccc(-[n+]2noc([O-])c2CN(C(C)=O)C2CC2)cc1. The van der Waals surface area contributed by atoms with E-state index < -0.39 is 5.95 Å². The molecule has 1 aromatic heterocycles. The Balaban J connectivity index is 1.90. The van der Waals surface area contributed by atoms with Gasteiger partial charge in [-0.2, -0.15) is 0 Å². The standard InChI is InChI=1S/C15H17N3O4/c1-10(19)17(11-3-4-11)9-14-15(20)22-16-18(14)12-5-7-13(21-2)8-6-12/h5-8,11H,3-4,9H2,1-2H3. The number of hydrogen-bond donors (Lipinski definition) is 0. The van der Waals surface area contributed by atoms with Crippen molar-refractivity contribution in [2.45, 2.75) is 32.4 Å². The van der Waals surface area contributed by atoms with Gasteiger partial charge in [-0.05, 0) is 29.7 Å². The number of rotatable bonds is 5. The predicted octanol–water partition coefficient (Wildman–Crippen LogP) is 0.544. The first kappa shape index (κ1) is 14.4. The van der Waals surface area contributed by atoms with E-state index in [9.17, 15) is 9.90 Å². The molecular formula is C15H17N3O4. The van der Waals surface area contributed by atoms with E-state index in [-0.39, 0.29) is 18.5 Å². The van der Waals surface area contributed by atoms with Crippen molar-refractivity contribution in [2.24, 2.45) is 0 Å². The zero-order chi connectivity index (χ0) is 15.7. The molecule has 1 saturated carbocycles. The first-order valence-electron chi connectivity index (χ1n) is 7.09. The van der Waals surface area contributed by atoms with Crippen molar-refractivity contribution in [1.29, 1.82) is 0 Å². The lowest BCUT2D eigenvalue weighted by atomic mass is 10.3. The number of benzene rings is 1. The predicted molar refractivity (Wildman–Crippen MR) is 73.3 cm³/mol. The highest BCUT2D eigenvalue weighted by molar-refractivity contribution is 5.73. The Bertz CT molecular complexity index is 677. The molecule has 0 aliphatic heterocycles. The summed E-state index contributed by atoms with van der Waals surface area (Å²) in [6.45, 7) is 1.71. The Morgan fingerprint density at radius 2 is 2.14 bits per heavy atom. The fraction of sp³-hybridized carbons (Fsp3) is 0.400. The maximum absolute atomic E-state index is 11.9. The average Bonchev–Trinajstić information content (AvgIpc) is 3.29. The molecule has 1 amide bonds. The van der Waals surface area contributed by atoms with E-state index in [4.69, 9.17) is 9.26 Å². The van der Waals surface area contributed by atoms with Gasteiger partial charge in [0, 0.05) is 25.1 Å². The molecule has 0 unspecified atom stereocenters. The Labute approximate surface area is 127 Å². The second kappa shape index (κ2) is 5.67. The van der Waals surface area contributed by atoms with Crippen LogP contribution < -0.4 is 14.5 Å². The van der Waals surface area contributed by atoms with Crippen LogP contribution >= 0.6 is 0 Å². The zero-order valence-corrected chi connectivity index (χ0v) is 12.5. The minimum Gasteiger partial charge on any atom is -0.539 e. The van der Waals surface area contributed by atoms with Gasteiger partial charge in [0.2, 0.25) is 11.6 Å². The van der Waals surface area contributed by atoms with E-state index in [1.54, 1.807) is 36.3 Å². The largest absolute Gasteiger partial charge is 0.539 e. The van der Waals surface area contributed by atoms with Crippen molar-refractivity contribution in [3.05, 3.63) is 30.0 Å². The molecule has 116 valence electrons. The number of amides is 1. The van der Waals surface area contributed by atoms with Crippen LogP contribution in [0, 0.1) is 0 Å². The van der Waals surface area contributed by atoms with Gasteiger partial charge in [0.15, 0.2) is 5.95 Å². The van der Waals surface area contributed by atoms with Crippen LogP contribution in [-0.4, -0.2) is 29.2 Å². The second-order valence-corrected chi connectivity index (χ2v) is 5.30. The van der Waals surface area contributed by atoms with Crippen molar-refractivity contribution in [2.75, 3.05) is 7.11 Å². The summed E-state index contributed by atoms with van der Waals surface area (Å²) in [5.74, 6) is 0.132. The molecule has 0 bridgehead atoms. The lowest BCUT2D eigenvalue weighted by Gasteiger charge is -2.18. The molecule has 1 aromatic carbocycles. The van der Waals surface area contributed by atoms with Gasteiger partial charge in [0.25, 0.3) is 5.69 Å². The van der Waals surface area contributed by atoms with E-state index in [2.05, 4.69) is 5.27 Å². The monoisotopic (exact) mass is 303 g/mol. The molecule has 3 rings (SSSR count). The minimum atomic E-state index is -0.525. The van der Waals surface area contributed by atoms with Crippen LogP contribution in [0.2, 0.25) is 0 Å². The molecule has 1 aliphatic rings. The summed E-state index contributed by atoms with van der Waals surface area (Å²) in [4.78, 5) is 13.4. The Morgan fingerprint density at radius 1 is 1.45 bits per heavy atom. The molecule has 7 heteroatoms. The molecule has 22 heavy (non-hydrogen) atoms. The molecule has 0 saturated heterocycles. The third-order valence-corrected chi connectivity index (χ3v) is 3.73. The zero-order valence-electron chi connectivity index (χ0n) is 12.5. The van der Waals surface area contributed by atoms with Crippen molar-refractivity contribution in [1.82, 2.24) is 10.2 Å². The van der Waals surface area contributed by atoms with E-state index in [1.165, 1.54) is 11.6 Å². The molecule has 1 heterocycles. The summed E-state index contributed by atoms with van der Waals surface area (Å²) < 4.78 is 11.3. The van der Waals surface area contributed by atoms with Gasteiger partial charge < -0.3 is 19.3 Å². The summed E-state index contributed by atoms with van der Waals surface area (Å²) in [6, 6.07) is 7.32. The van der Waals surface area contributed by atoms with Gasteiger partial charge in [-0.1, -0.05) is 0 Å². The van der Waals surface area contributed by atoms with Gasteiger partial charge in [-0.25, -0.2) is 0 Å². The average molecular weight is 303 g/mol. The highest BCUT2D eigenvalue weighted by Crippen LogP contribution is 2.29. The summed E-state index contributed by atoms with van der Waals surface area (Å²) in [5, 5.41) is 15.7. The fourth-order valence-electron chi connectivity index (χ4n) is 2.37. The lowest BCUT2D eigenvalue weighted by Crippen LogP contribution is -2.41. The molecule has 1 fully saturated rings. The lowest BCUT2D eigenvalue weighted by molar-refractivity contribution is -0.678. The van der Waals surface area contributed by atoms with Crippen LogP contribution in [0.5, 0.6) is 11.7 Å². The van der Waals surface area contributed by atoms with Crippen LogP contribution in [0.4, 0.5) is 0 Å². The number of aromatic nitrogens is 2. The van der Waals surface area contributed by atoms with Crippen molar-refractivity contribution in [3.63, 3.8) is 0 Å². The molecule has 0 atom stereocenters. The summed E-state index contributed by atoms with van der Waals surface area (Å²) in [5.41, 5.74) is 1.02. The molecule has 0 radical (unpaired) electrons. The minimum absolute atomic E-state index is 0.0515. The third-order valence-electron chi connectivity index (χ3n) is 3.73. The smallest absolute Gasteiger partial charge is 0.259 e. The normalized spacial score (nSPS) is 13.9. The van der Waals surface area contributed by atoms with Crippen LogP contribution in [0.1, 0.15) is 25.5 Å². The number of hydrogen-bond acceptors (Lipinski definition) is 5. The Hall–Kier alpha value is -2.57. The fourth-order valence-corrected chi connectivity index (χ4v) is 2.37. The Morgan fingerprint density at radius 3 is 2.68 bits per heavy atom. The second-order valence-electron chi connectivity index (χ2n) is 5.30. The first-order chi connectivity index (χ1) is 10.6. The van der Waals surface area contributed by atoms with E-state index in [1.807, 2.05) is 0 Å². The van der Waals surface area contributed by atoms with Gasteiger partial charge >= 0.3 is 0 Å². The maximum atomic E-state index is 11.9.